The SMILES string of the molecule is Cn1ccnc1CCn1cncc1C1CNC1. The van der Waals surface area contributed by atoms with Crippen LogP contribution in [-0.4, -0.2) is 32.2 Å². The Hall–Kier alpha value is -1.62. The summed E-state index contributed by atoms with van der Waals surface area (Å²) in [6.07, 6.45) is 8.70. The number of rotatable bonds is 4. The highest BCUT2D eigenvalue weighted by Gasteiger charge is 2.22. The fraction of sp³-hybridized carbons (Fsp3) is 0.500. The van der Waals surface area contributed by atoms with Gasteiger partial charge < -0.3 is 14.5 Å². The quantitative estimate of drug-likeness (QED) is 0.835. The highest BCUT2D eigenvalue weighted by molar-refractivity contribution is 5.11. The van der Waals surface area contributed by atoms with Crippen LogP contribution in [0.15, 0.2) is 24.9 Å². The molecule has 0 bridgehead atoms. The Bertz CT molecular complexity index is 494. The molecule has 0 aromatic carbocycles. The molecule has 2 aromatic rings. The third-order valence-corrected chi connectivity index (χ3v) is 3.44. The summed E-state index contributed by atoms with van der Waals surface area (Å²) in [5.74, 6) is 1.76. The van der Waals surface area contributed by atoms with Crippen molar-refractivity contribution in [3.05, 3.63) is 36.4 Å². The molecule has 0 radical (unpaired) electrons. The van der Waals surface area contributed by atoms with Crippen molar-refractivity contribution in [2.75, 3.05) is 13.1 Å². The molecule has 0 saturated carbocycles. The molecule has 0 amide bonds. The van der Waals surface area contributed by atoms with Gasteiger partial charge in [-0.1, -0.05) is 0 Å². The molecule has 1 fully saturated rings. The molecule has 1 aliphatic heterocycles. The topological polar surface area (TPSA) is 47.7 Å². The molecule has 5 heteroatoms. The monoisotopic (exact) mass is 231 g/mol. The summed E-state index contributed by atoms with van der Waals surface area (Å²) < 4.78 is 4.32. The molecule has 3 heterocycles. The number of hydrogen-bond donors (Lipinski definition) is 1. The number of aryl methyl sites for hydroxylation is 3. The van der Waals surface area contributed by atoms with Crippen LogP contribution in [0, 0.1) is 0 Å². The maximum Gasteiger partial charge on any atom is 0.110 e. The van der Waals surface area contributed by atoms with Crippen LogP contribution >= 0.6 is 0 Å². The van der Waals surface area contributed by atoms with Crippen LogP contribution in [-0.2, 0) is 20.0 Å². The number of aromatic nitrogens is 4. The first-order valence-corrected chi connectivity index (χ1v) is 6.01. The summed E-state index contributed by atoms with van der Waals surface area (Å²) in [4.78, 5) is 8.60. The highest BCUT2D eigenvalue weighted by atomic mass is 15.1. The van der Waals surface area contributed by atoms with Crippen LogP contribution in [0.25, 0.3) is 0 Å². The minimum atomic E-state index is 0.638. The van der Waals surface area contributed by atoms with E-state index in [-0.39, 0.29) is 0 Å². The van der Waals surface area contributed by atoms with Gasteiger partial charge in [-0.05, 0) is 0 Å². The van der Waals surface area contributed by atoms with Gasteiger partial charge in [-0.2, -0.15) is 0 Å². The first kappa shape index (κ1) is 10.5. The molecule has 17 heavy (non-hydrogen) atoms. The predicted molar refractivity (Wildman–Crippen MR) is 64.7 cm³/mol. The molecule has 1 saturated heterocycles. The Morgan fingerprint density at radius 3 is 3.00 bits per heavy atom. The Labute approximate surface area is 100 Å². The van der Waals surface area contributed by atoms with E-state index in [2.05, 4.69) is 24.4 Å². The van der Waals surface area contributed by atoms with Gasteiger partial charge in [0.1, 0.15) is 5.82 Å². The molecular weight excluding hydrogens is 214 g/mol. The van der Waals surface area contributed by atoms with E-state index in [9.17, 15) is 0 Å². The van der Waals surface area contributed by atoms with E-state index in [0.717, 1.165) is 31.9 Å². The maximum absolute atomic E-state index is 4.34. The molecule has 2 aromatic heterocycles. The molecular formula is C12H17N5. The second kappa shape index (κ2) is 4.33. The average molecular weight is 231 g/mol. The minimum absolute atomic E-state index is 0.638. The van der Waals surface area contributed by atoms with Gasteiger partial charge in [-0.15, -0.1) is 0 Å². The lowest BCUT2D eigenvalue weighted by molar-refractivity contribution is 0.422. The third kappa shape index (κ3) is 1.98. The van der Waals surface area contributed by atoms with Crippen LogP contribution in [0.5, 0.6) is 0 Å². The summed E-state index contributed by atoms with van der Waals surface area (Å²) >= 11 is 0. The average Bonchev–Trinajstić information content (AvgIpc) is 2.83. The van der Waals surface area contributed by atoms with Gasteiger partial charge in [0.05, 0.1) is 6.33 Å². The van der Waals surface area contributed by atoms with Crippen molar-refractivity contribution in [3.63, 3.8) is 0 Å². The van der Waals surface area contributed by atoms with Gasteiger partial charge in [-0.25, -0.2) is 9.97 Å². The largest absolute Gasteiger partial charge is 0.338 e. The van der Waals surface area contributed by atoms with Gasteiger partial charge in [0, 0.05) is 63.3 Å². The van der Waals surface area contributed by atoms with Crippen molar-refractivity contribution in [2.24, 2.45) is 7.05 Å². The normalized spacial score (nSPS) is 16.1. The van der Waals surface area contributed by atoms with Crippen LogP contribution < -0.4 is 5.32 Å². The molecule has 3 rings (SSSR count). The Morgan fingerprint density at radius 2 is 2.35 bits per heavy atom. The minimum Gasteiger partial charge on any atom is -0.338 e. The fourth-order valence-corrected chi connectivity index (χ4v) is 2.21. The van der Waals surface area contributed by atoms with E-state index >= 15 is 0 Å². The van der Waals surface area contributed by atoms with E-state index in [4.69, 9.17) is 0 Å². The van der Waals surface area contributed by atoms with Crippen molar-refractivity contribution >= 4 is 0 Å². The first-order chi connectivity index (χ1) is 8.34. The number of imidazole rings is 2. The Morgan fingerprint density at radius 1 is 1.47 bits per heavy atom. The molecule has 5 nitrogen and oxygen atoms in total. The van der Waals surface area contributed by atoms with Gasteiger partial charge >= 0.3 is 0 Å². The van der Waals surface area contributed by atoms with Crippen LogP contribution in [0.4, 0.5) is 0 Å². The van der Waals surface area contributed by atoms with Gasteiger partial charge in [0.25, 0.3) is 0 Å². The lowest BCUT2D eigenvalue weighted by Crippen LogP contribution is -2.40. The van der Waals surface area contributed by atoms with Crippen molar-refractivity contribution in [3.8, 4) is 0 Å². The summed E-state index contributed by atoms with van der Waals surface area (Å²) in [5, 5.41) is 3.30. The number of hydrogen-bond acceptors (Lipinski definition) is 3. The van der Waals surface area contributed by atoms with E-state index in [0.29, 0.717) is 5.92 Å². The zero-order valence-corrected chi connectivity index (χ0v) is 10.0. The first-order valence-electron chi connectivity index (χ1n) is 6.01. The molecule has 1 aliphatic rings. The van der Waals surface area contributed by atoms with Crippen LogP contribution in [0.2, 0.25) is 0 Å². The van der Waals surface area contributed by atoms with Gasteiger partial charge in [0.15, 0.2) is 0 Å². The number of nitrogens with one attached hydrogen (secondary N) is 1. The second-order valence-corrected chi connectivity index (χ2v) is 4.57. The van der Waals surface area contributed by atoms with Gasteiger partial charge in [0.2, 0.25) is 0 Å². The van der Waals surface area contributed by atoms with Crippen molar-refractivity contribution in [2.45, 2.75) is 18.9 Å². The van der Waals surface area contributed by atoms with Gasteiger partial charge in [-0.3, -0.25) is 0 Å². The number of nitrogens with zero attached hydrogens (tertiary/aromatic N) is 4. The molecule has 0 unspecified atom stereocenters. The molecule has 0 spiro atoms. The van der Waals surface area contributed by atoms with Crippen molar-refractivity contribution in [1.29, 1.82) is 0 Å². The fourth-order valence-electron chi connectivity index (χ4n) is 2.21. The smallest absolute Gasteiger partial charge is 0.110 e. The van der Waals surface area contributed by atoms with E-state index in [1.807, 2.05) is 32.0 Å². The predicted octanol–water partition coefficient (Wildman–Crippen LogP) is 0.546. The summed E-state index contributed by atoms with van der Waals surface area (Å²) in [7, 11) is 2.03. The zero-order chi connectivity index (χ0) is 11.7. The van der Waals surface area contributed by atoms with E-state index in [1.165, 1.54) is 5.69 Å². The van der Waals surface area contributed by atoms with E-state index < -0.39 is 0 Å². The van der Waals surface area contributed by atoms with Crippen molar-refractivity contribution in [1.82, 2.24) is 24.4 Å². The summed E-state index contributed by atoms with van der Waals surface area (Å²) in [6.45, 7) is 3.11. The summed E-state index contributed by atoms with van der Waals surface area (Å²) in [5.41, 5.74) is 1.35. The molecule has 0 aliphatic carbocycles. The lowest BCUT2D eigenvalue weighted by atomic mass is 10.00. The Balaban J connectivity index is 1.69. The van der Waals surface area contributed by atoms with Crippen LogP contribution in [0.3, 0.4) is 0 Å². The van der Waals surface area contributed by atoms with Crippen molar-refractivity contribution < 1.29 is 0 Å². The maximum atomic E-state index is 4.34. The lowest BCUT2D eigenvalue weighted by Gasteiger charge is -2.27. The zero-order valence-electron chi connectivity index (χ0n) is 10.0. The highest BCUT2D eigenvalue weighted by Crippen LogP contribution is 2.19. The molecule has 0 atom stereocenters. The Kier molecular flexibility index (Phi) is 2.68. The van der Waals surface area contributed by atoms with Crippen LogP contribution in [0.1, 0.15) is 17.4 Å². The third-order valence-electron chi connectivity index (χ3n) is 3.44. The van der Waals surface area contributed by atoms with E-state index in [1.54, 1.807) is 0 Å². The summed E-state index contributed by atoms with van der Waals surface area (Å²) in [6, 6.07) is 0. The standard InChI is InChI=1S/C12H17N5/c1-16-5-3-15-12(16)2-4-17-9-14-8-11(17)10-6-13-7-10/h3,5,8-10,13H,2,4,6-7H2,1H3. The molecule has 90 valence electrons. The molecule has 1 N–H and O–H groups in total. The second-order valence-electron chi connectivity index (χ2n) is 4.57.